The number of hydrogen-bond acceptors (Lipinski definition) is 5. The molecule has 118 valence electrons. The zero-order chi connectivity index (χ0) is 16.5. The average Bonchev–Trinajstić information content (AvgIpc) is 3.35. The molecule has 0 bridgehead atoms. The van der Waals surface area contributed by atoms with Crippen LogP contribution in [0.3, 0.4) is 0 Å². The van der Waals surface area contributed by atoms with Gasteiger partial charge < -0.3 is 10.2 Å². The lowest BCUT2D eigenvalue weighted by Crippen LogP contribution is -2.04. The molecule has 0 fully saturated rings. The number of furan rings is 1. The largest absolute Gasteiger partial charge is 0.464 e. The first-order chi connectivity index (χ1) is 11.8. The van der Waals surface area contributed by atoms with Crippen LogP contribution in [0.1, 0.15) is 15.2 Å². The van der Waals surface area contributed by atoms with E-state index in [1.54, 1.807) is 17.6 Å². The lowest BCUT2D eigenvalue weighted by molar-refractivity contribution is 0.104. The van der Waals surface area contributed by atoms with Gasteiger partial charge in [-0.05, 0) is 23.6 Å². The second-order valence-electron chi connectivity index (χ2n) is 5.22. The Balaban J connectivity index is 1.79. The van der Waals surface area contributed by atoms with Crippen molar-refractivity contribution in [1.29, 1.82) is 0 Å². The fourth-order valence-corrected chi connectivity index (χ4v) is 4.39. The normalized spacial score (nSPS) is 10.8. The summed E-state index contributed by atoms with van der Waals surface area (Å²) in [5, 5.41) is 3.95. The molecule has 24 heavy (non-hydrogen) atoms. The van der Waals surface area contributed by atoms with Crippen molar-refractivity contribution >= 4 is 34.1 Å². The van der Waals surface area contributed by atoms with Gasteiger partial charge >= 0.3 is 0 Å². The van der Waals surface area contributed by atoms with Crippen molar-refractivity contribution < 1.29 is 9.21 Å². The zero-order valence-electron chi connectivity index (χ0n) is 12.6. The van der Waals surface area contributed by atoms with Crippen LogP contribution in [0.5, 0.6) is 0 Å². The highest BCUT2D eigenvalue weighted by molar-refractivity contribution is 7.16. The Morgan fingerprint density at radius 2 is 1.83 bits per heavy atom. The van der Waals surface area contributed by atoms with E-state index >= 15 is 0 Å². The van der Waals surface area contributed by atoms with E-state index in [-0.39, 0.29) is 5.78 Å². The summed E-state index contributed by atoms with van der Waals surface area (Å²) in [5.74, 6) is 0.597. The van der Waals surface area contributed by atoms with Crippen LogP contribution < -0.4 is 5.73 Å². The smallest absolute Gasteiger partial charge is 0.205 e. The third-order valence-corrected chi connectivity index (χ3v) is 5.68. The first-order valence-corrected chi connectivity index (χ1v) is 9.10. The molecule has 0 saturated carbocycles. The Hall–Kier alpha value is -2.63. The van der Waals surface area contributed by atoms with Gasteiger partial charge in [-0.25, -0.2) is 0 Å². The van der Waals surface area contributed by atoms with Gasteiger partial charge in [0, 0.05) is 26.9 Å². The van der Waals surface area contributed by atoms with E-state index in [2.05, 4.69) is 0 Å². The van der Waals surface area contributed by atoms with Crippen molar-refractivity contribution in [2.24, 2.45) is 0 Å². The molecular weight excluding hydrogens is 338 g/mol. The molecule has 0 unspecified atom stereocenters. The molecule has 5 heteroatoms. The molecule has 0 radical (unpaired) electrons. The molecule has 3 nitrogen and oxygen atoms in total. The Kier molecular flexibility index (Phi) is 3.80. The SMILES string of the molecule is Nc1c(-c2cccs2)csc1C(=O)c1ccccc1-c1ccco1. The third kappa shape index (κ3) is 2.48. The summed E-state index contributed by atoms with van der Waals surface area (Å²) in [6, 6.07) is 15.1. The maximum Gasteiger partial charge on any atom is 0.205 e. The number of thiophene rings is 2. The Labute approximate surface area is 147 Å². The van der Waals surface area contributed by atoms with E-state index in [1.165, 1.54) is 11.3 Å². The van der Waals surface area contributed by atoms with E-state index in [9.17, 15) is 4.79 Å². The van der Waals surface area contributed by atoms with Crippen LogP contribution >= 0.6 is 22.7 Å². The monoisotopic (exact) mass is 351 g/mol. The Morgan fingerprint density at radius 1 is 0.958 bits per heavy atom. The van der Waals surface area contributed by atoms with Gasteiger partial charge in [0.05, 0.1) is 16.8 Å². The summed E-state index contributed by atoms with van der Waals surface area (Å²) in [6.45, 7) is 0. The minimum absolute atomic E-state index is 0.0766. The number of nitrogens with two attached hydrogens (primary N) is 1. The maximum atomic E-state index is 13.1. The van der Waals surface area contributed by atoms with Crippen LogP contribution in [0, 0.1) is 0 Å². The van der Waals surface area contributed by atoms with Crippen LogP contribution in [0.25, 0.3) is 21.8 Å². The minimum Gasteiger partial charge on any atom is -0.464 e. The summed E-state index contributed by atoms with van der Waals surface area (Å²) >= 11 is 3.00. The van der Waals surface area contributed by atoms with Crippen LogP contribution in [0.2, 0.25) is 0 Å². The number of benzene rings is 1. The second-order valence-corrected chi connectivity index (χ2v) is 7.05. The highest BCUT2D eigenvalue weighted by Crippen LogP contribution is 2.38. The van der Waals surface area contributed by atoms with E-state index in [0.717, 1.165) is 16.0 Å². The zero-order valence-corrected chi connectivity index (χ0v) is 14.2. The van der Waals surface area contributed by atoms with Crippen LogP contribution in [0.15, 0.2) is 70.0 Å². The molecule has 3 heterocycles. The molecule has 1 aromatic carbocycles. The van der Waals surface area contributed by atoms with Crippen molar-refractivity contribution in [1.82, 2.24) is 0 Å². The summed E-state index contributed by atoms with van der Waals surface area (Å²) in [5.41, 5.74) is 9.11. The Morgan fingerprint density at radius 3 is 2.58 bits per heavy atom. The minimum atomic E-state index is -0.0766. The lowest BCUT2D eigenvalue weighted by atomic mass is 10.00. The van der Waals surface area contributed by atoms with E-state index in [1.807, 2.05) is 59.3 Å². The standard InChI is InChI=1S/C19H13NO2S2/c20-17-14(16-8-4-10-23-16)11-24-19(17)18(21)13-6-2-1-5-12(13)15-7-3-9-22-15/h1-11H,20H2. The molecule has 0 aliphatic carbocycles. The van der Waals surface area contributed by atoms with Crippen molar-refractivity contribution in [2.75, 3.05) is 5.73 Å². The van der Waals surface area contributed by atoms with Gasteiger partial charge in [0.2, 0.25) is 5.78 Å². The lowest BCUT2D eigenvalue weighted by Gasteiger charge is -2.06. The number of carbonyl (C=O) groups is 1. The van der Waals surface area contributed by atoms with Crippen LogP contribution in [-0.2, 0) is 0 Å². The van der Waals surface area contributed by atoms with Crippen molar-refractivity contribution in [2.45, 2.75) is 0 Å². The molecule has 4 aromatic rings. The molecule has 0 aliphatic rings. The predicted molar refractivity (Wildman–Crippen MR) is 99.6 cm³/mol. The predicted octanol–water partition coefficient (Wildman–Crippen LogP) is 5.55. The van der Waals surface area contributed by atoms with Crippen molar-refractivity contribution in [3.05, 3.63) is 76.0 Å². The third-order valence-electron chi connectivity index (χ3n) is 3.78. The van der Waals surface area contributed by atoms with Gasteiger partial charge in [0.15, 0.2) is 0 Å². The number of carbonyl (C=O) groups excluding carboxylic acids is 1. The molecule has 0 saturated heterocycles. The molecular formula is C19H13NO2S2. The van der Waals surface area contributed by atoms with Crippen LogP contribution in [-0.4, -0.2) is 5.78 Å². The van der Waals surface area contributed by atoms with E-state index in [4.69, 9.17) is 10.2 Å². The average molecular weight is 351 g/mol. The molecule has 2 N–H and O–H groups in total. The first kappa shape index (κ1) is 14.9. The number of nitrogen functional groups attached to an aromatic ring is 1. The number of rotatable bonds is 4. The number of hydrogen-bond donors (Lipinski definition) is 1. The summed E-state index contributed by atoms with van der Waals surface area (Å²) in [7, 11) is 0. The highest BCUT2D eigenvalue weighted by Gasteiger charge is 2.21. The summed E-state index contributed by atoms with van der Waals surface area (Å²) in [4.78, 5) is 14.7. The second kappa shape index (κ2) is 6.11. The van der Waals surface area contributed by atoms with Gasteiger partial charge in [-0.1, -0.05) is 30.3 Å². The summed E-state index contributed by atoms with van der Waals surface area (Å²) < 4.78 is 5.46. The summed E-state index contributed by atoms with van der Waals surface area (Å²) in [6.07, 6.45) is 1.60. The maximum absolute atomic E-state index is 13.1. The number of ketones is 1. The molecule has 4 rings (SSSR count). The number of anilines is 1. The van der Waals surface area contributed by atoms with Gasteiger partial charge in [-0.3, -0.25) is 4.79 Å². The first-order valence-electron chi connectivity index (χ1n) is 7.34. The van der Waals surface area contributed by atoms with Gasteiger partial charge in [0.1, 0.15) is 5.76 Å². The van der Waals surface area contributed by atoms with Crippen molar-refractivity contribution in [3.63, 3.8) is 0 Å². The highest BCUT2D eigenvalue weighted by atomic mass is 32.1. The molecule has 0 spiro atoms. The van der Waals surface area contributed by atoms with E-state index in [0.29, 0.717) is 21.9 Å². The quantitative estimate of drug-likeness (QED) is 0.490. The van der Waals surface area contributed by atoms with Gasteiger partial charge in [-0.15, -0.1) is 22.7 Å². The van der Waals surface area contributed by atoms with E-state index < -0.39 is 0 Å². The molecule has 0 aliphatic heterocycles. The van der Waals surface area contributed by atoms with Gasteiger partial charge in [-0.2, -0.15) is 0 Å². The fraction of sp³-hybridized carbons (Fsp3) is 0. The molecule has 3 aromatic heterocycles. The Bertz CT molecular complexity index is 982. The fourth-order valence-electron chi connectivity index (χ4n) is 2.62. The van der Waals surface area contributed by atoms with Crippen molar-refractivity contribution in [3.8, 4) is 21.8 Å². The molecule has 0 atom stereocenters. The van der Waals surface area contributed by atoms with Crippen LogP contribution in [0.4, 0.5) is 5.69 Å². The topological polar surface area (TPSA) is 56.2 Å². The molecule has 0 amide bonds. The van der Waals surface area contributed by atoms with Gasteiger partial charge in [0.25, 0.3) is 0 Å².